The molecule has 0 atom stereocenters. The molecule has 1 aromatic heterocycles. The third kappa shape index (κ3) is 3.94. The number of nitrogens with zero attached hydrogens (tertiary/aromatic N) is 1. The van der Waals surface area contributed by atoms with E-state index in [9.17, 15) is 4.79 Å². The Bertz CT molecular complexity index is 551. The zero-order chi connectivity index (χ0) is 14.4. The molecule has 0 bridgehead atoms. The van der Waals surface area contributed by atoms with Crippen LogP contribution in [0.5, 0.6) is 0 Å². The number of furan rings is 1. The average molecular weight is 273 g/mol. The molecule has 0 fully saturated rings. The molecule has 2 rings (SSSR count). The van der Waals surface area contributed by atoms with Crippen molar-refractivity contribution in [2.75, 3.05) is 13.6 Å². The van der Waals surface area contributed by atoms with E-state index in [1.807, 2.05) is 30.7 Å². The first-order chi connectivity index (χ1) is 9.69. The van der Waals surface area contributed by atoms with Gasteiger partial charge in [-0.3, -0.25) is 15.1 Å². The average Bonchev–Trinajstić information content (AvgIpc) is 2.94. The standard InChI is InChI=1S/C15H19N3O2/c1-18(10-9-12-5-3-2-4-6-12)11-13-7-8-14(20-13)15(19)17-16/h2-8H,9-11,16H2,1H3,(H,17,19). The summed E-state index contributed by atoms with van der Waals surface area (Å²) in [5.41, 5.74) is 3.36. The minimum Gasteiger partial charge on any atom is -0.455 e. The maximum atomic E-state index is 11.3. The van der Waals surface area contributed by atoms with Gasteiger partial charge in [0.2, 0.25) is 0 Å². The van der Waals surface area contributed by atoms with Crippen LogP contribution in [0.1, 0.15) is 21.9 Å². The molecule has 1 amide bonds. The first-order valence-corrected chi connectivity index (χ1v) is 6.51. The summed E-state index contributed by atoms with van der Waals surface area (Å²) in [6, 6.07) is 13.8. The van der Waals surface area contributed by atoms with E-state index in [4.69, 9.17) is 10.3 Å². The topological polar surface area (TPSA) is 71.5 Å². The van der Waals surface area contributed by atoms with E-state index in [-0.39, 0.29) is 5.76 Å². The summed E-state index contributed by atoms with van der Waals surface area (Å²) in [4.78, 5) is 13.4. The molecule has 0 radical (unpaired) electrons. The Hall–Kier alpha value is -2.11. The first kappa shape index (κ1) is 14.3. The summed E-state index contributed by atoms with van der Waals surface area (Å²) in [5.74, 6) is 5.63. The molecule has 0 spiro atoms. The summed E-state index contributed by atoms with van der Waals surface area (Å²) >= 11 is 0. The van der Waals surface area contributed by atoms with Gasteiger partial charge < -0.3 is 4.42 Å². The van der Waals surface area contributed by atoms with Crippen molar-refractivity contribution in [2.45, 2.75) is 13.0 Å². The number of nitrogens with one attached hydrogen (secondary N) is 1. The Morgan fingerprint density at radius 2 is 2.00 bits per heavy atom. The number of likely N-dealkylation sites (N-methyl/N-ethyl adjacent to an activating group) is 1. The Labute approximate surface area is 118 Å². The van der Waals surface area contributed by atoms with Crippen LogP contribution in [0, 0.1) is 0 Å². The number of benzene rings is 1. The molecule has 106 valence electrons. The second-order valence-corrected chi connectivity index (χ2v) is 4.71. The molecule has 1 aromatic carbocycles. The maximum absolute atomic E-state index is 11.3. The highest BCUT2D eigenvalue weighted by atomic mass is 16.4. The molecule has 5 nitrogen and oxygen atoms in total. The van der Waals surface area contributed by atoms with Gasteiger partial charge in [-0.2, -0.15) is 0 Å². The molecule has 0 aliphatic carbocycles. The van der Waals surface area contributed by atoms with Crippen molar-refractivity contribution < 1.29 is 9.21 Å². The number of hydrogen-bond donors (Lipinski definition) is 2. The quantitative estimate of drug-likeness (QED) is 0.476. The molecular formula is C15H19N3O2. The Kier molecular flexibility index (Phi) is 4.92. The molecular weight excluding hydrogens is 254 g/mol. The van der Waals surface area contributed by atoms with E-state index in [0.29, 0.717) is 6.54 Å². The van der Waals surface area contributed by atoms with Crippen LogP contribution in [0.4, 0.5) is 0 Å². The van der Waals surface area contributed by atoms with E-state index >= 15 is 0 Å². The predicted octanol–water partition coefficient (Wildman–Crippen LogP) is 1.56. The highest BCUT2D eigenvalue weighted by Crippen LogP contribution is 2.10. The van der Waals surface area contributed by atoms with Crippen molar-refractivity contribution in [3.63, 3.8) is 0 Å². The van der Waals surface area contributed by atoms with Crippen LogP contribution >= 0.6 is 0 Å². The summed E-state index contributed by atoms with van der Waals surface area (Å²) in [5, 5.41) is 0. The van der Waals surface area contributed by atoms with Crippen LogP contribution in [-0.4, -0.2) is 24.4 Å². The highest BCUT2D eigenvalue weighted by molar-refractivity contribution is 5.90. The van der Waals surface area contributed by atoms with Crippen molar-refractivity contribution >= 4 is 5.91 Å². The fourth-order valence-corrected chi connectivity index (χ4v) is 1.97. The fraction of sp³-hybridized carbons (Fsp3) is 0.267. The number of amides is 1. The third-order valence-electron chi connectivity index (χ3n) is 3.07. The number of nitrogens with two attached hydrogens (primary N) is 1. The smallest absolute Gasteiger partial charge is 0.300 e. The Morgan fingerprint density at radius 1 is 1.25 bits per heavy atom. The lowest BCUT2D eigenvalue weighted by molar-refractivity contribution is 0.0922. The van der Waals surface area contributed by atoms with Crippen molar-refractivity contribution in [3.05, 3.63) is 59.5 Å². The number of carbonyl (C=O) groups is 1. The van der Waals surface area contributed by atoms with E-state index < -0.39 is 5.91 Å². The van der Waals surface area contributed by atoms with Crippen LogP contribution in [0.15, 0.2) is 46.9 Å². The van der Waals surface area contributed by atoms with Crippen LogP contribution in [-0.2, 0) is 13.0 Å². The summed E-state index contributed by atoms with van der Waals surface area (Å²) in [6.45, 7) is 1.58. The second-order valence-electron chi connectivity index (χ2n) is 4.71. The van der Waals surface area contributed by atoms with Gasteiger partial charge in [0.1, 0.15) is 5.76 Å². The number of hydrogen-bond acceptors (Lipinski definition) is 4. The molecule has 0 saturated heterocycles. The Balaban J connectivity index is 1.83. The number of hydrazine groups is 1. The maximum Gasteiger partial charge on any atom is 0.300 e. The lowest BCUT2D eigenvalue weighted by atomic mass is 10.1. The number of rotatable bonds is 6. The second kappa shape index (κ2) is 6.88. The van der Waals surface area contributed by atoms with Crippen LogP contribution in [0.3, 0.4) is 0 Å². The summed E-state index contributed by atoms with van der Waals surface area (Å²) < 4.78 is 5.43. The lowest BCUT2D eigenvalue weighted by Crippen LogP contribution is -2.29. The Morgan fingerprint density at radius 3 is 2.70 bits per heavy atom. The molecule has 2 aromatic rings. The van der Waals surface area contributed by atoms with Crippen LogP contribution < -0.4 is 11.3 Å². The molecule has 0 unspecified atom stereocenters. The van der Waals surface area contributed by atoms with E-state index in [1.54, 1.807) is 12.1 Å². The normalized spacial score (nSPS) is 10.8. The van der Waals surface area contributed by atoms with Crippen molar-refractivity contribution in [2.24, 2.45) is 5.84 Å². The molecule has 20 heavy (non-hydrogen) atoms. The zero-order valence-corrected chi connectivity index (χ0v) is 11.5. The lowest BCUT2D eigenvalue weighted by Gasteiger charge is -2.14. The van der Waals surface area contributed by atoms with Gasteiger partial charge in [0.25, 0.3) is 0 Å². The molecule has 0 aliphatic rings. The zero-order valence-electron chi connectivity index (χ0n) is 11.5. The number of carbonyl (C=O) groups excluding carboxylic acids is 1. The largest absolute Gasteiger partial charge is 0.455 e. The fourth-order valence-electron chi connectivity index (χ4n) is 1.97. The summed E-state index contributed by atoms with van der Waals surface area (Å²) in [6.07, 6.45) is 0.980. The van der Waals surface area contributed by atoms with Crippen molar-refractivity contribution in [3.8, 4) is 0 Å². The molecule has 0 aliphatic heterocycles. The third-order valence-corrected chi connectivity index (χ3v) is 3.07. The number of nitrogen functional groups attached to an aromatic ring is 1. The highest BCUT2D eigenvalue weighted by Gasteiger charge is 2.10. The molecule has 3 N–H and O–H groups in total. The van der Waals surface area contributed by atoms with Gasteiger partial charge in [0, 0.05) is 6.54 Å². The minimum atomic E-state index is -0.414. The van der Waals surface area contributed by atoms with Crippen LogP contribution in [0.2, 0.25) is 0 Å². The SMILES string of the molecule is CN(CCc1ccccc1)Cc1ccc(C(=O)NN)o1. The van der Waals surface area contributed by atoms with E-state index in [0.717, 1.165) is 18.7 Å². The molecule has 0 saturated carbocycles. The monoisotopic (exact) mass is 273 g/mol. The van der Waals surface area contributed by atoms with Crippen molar-refractivity contribution in [1.29, 1.82) is 0 Å². The van der Waals surface area contributed by atoms with Gasteiger partial charge in [0.15, 0.2) is 5.76 Å². The van der Waals surface area contributed by atoms with E-state index in [2.05, 4.69) is 17.0 Å². The van der Waals surface area contributed by atoms with Gasteiger partial charge in [-0.1, -0.05) is 30.3 Å². The predicted molar refractivity (Wildman–Crippen MR) is 76.8 cm³/mol. The van der Waals surface area contributed by atoms with Gasteiger partial charge in [-0.15, -0.1) is 0 Å². The van der Waals surface area contributed by atoms with Gasteiger partial charge in [-0.25, -0.2) is 5.84 Å². The van der Waals surface area contributed by atoms with Gasteiger partial charge >= 0.3 is 5.91 Å². The molecule has 5 heteroatoms. The minimum absolute atomic E-state index is 0.235. The molecule has 1 heterocycles. The first-order valence-electron chi connectivity index (χ1n) is 6.51. The van der Waals surface area contributed by atoms with Crippen LogP contribution in [0.25, 0.3) is 0 Å². The van der Waals surface area contributed by atoms with Gasteiger partial charge in [0.05, 0.1) is 6.54 Å². The van der Waals surface area contributed by atoms with Crippen molar-refractivity contribution in [1.82, 2.24) is 10.3 Å². The van der Waals surface area contributed by atoms with Gasteiger partial charge in [-0.05, 0) is 31.2 Å². The van der Waals surface area contributed by atoms with E-state index in [1.165, 1.54) is 5.56 Å². The summed E-state index contributed by atoms with van der Waals surface area (Å²) in [7, 11) is 2.02.